The highest BCUT2D eigenvalue weighted by Gasteiger charge is 2.31. The third kappa shape index (κ3) is 2.16. The number of benzene rings is 1. The minimum Gasteiger partial charge on any atom is -0.502 e. The Bertz CT molecular complexity index is 357. The molecule has 0 fully saturated rings. The van der Waals surface area contributed by atoms with Crippen molar-refractivity contribution in [3.05, 3.63) is 17.7 Å². The molecule has 0 unspecified atom stereocenters. The maximum absolute atomic E-state index is 13.3. The van der Waals surface area contributed by atoms with E-state index in [2.05, 4.69) is 0 Å². The minimum atomic E-state index is -3.19. The highest BCUT2D eigenvalue weighted by molar-refractivity contribution is 5.53. The first kappa shape index (κ1) is 12.5. The van der Waals surface area contributed by atoms with Crippen LogP contribution in [0.25, 0.3) is 0 Å². The molecule has 0 aromatic heterocycles. The first-order valence-electron chi connectivity index (χ1n) is 4.49. The molecule has 0 aliphatic rings. The van der Waals surface area contributed by atoms with Crippen LogP contribution in [0.2, 0.25) is 0 Å². The van der Waals surface area contributed by atoms with Crippen molar-refractivity contribution >= 4 is 0 Å². The molecule has 1 aromatic rings. The second-order valence-electron chi connectivity index (χ2n) is 3.14. The monoisotopic (exact) mass is 233 g/mol. The van der Waals surface area contributed by atoms with Crippen molar-refractivity contribution in [1.82, 2.24) is 0 Å². The summed E-state index contributed by atoms with van der Waals surface area (Å²) < 4.78 is 36.2. The second kappa shape index (κ2) is 4.52. The van der Waals surface area contributed by atoms with Crippen molar-refractivity contribution < 1.29 is 23.4 Å². The zero-order valence-corrected chi connectivity index (χ0v) is 8.96. The minimum absolute atomic E-state index is 0.0810. The van der Waals surface area contributed by atoms with Crippen LogP contribution in [0.4, 0.5) is 8.78 Å². The lowest BCUT2D eigenvalue weighted by Crippen LogP contribution is -2.25. The van der Waals surface area contributed by atoms with Gasteiger partial charge in [0.05, 0.1) is 20.8 Å². The number of aromatic hydroxyl groups is 1. The van der Waals surface area contributed by atoms with Crippen LogP contribution < -0.4 is 15.2 Å². The van der Waals surface area contributed by atoms with E-state index in [0.29, 0.717) is 0 Å². The predicted octanol–water partition coefficient (Wildman–Crippen LogP) is 1.46. The molecule has 0 aliphatic carbocycles. The van der Waals surface area contributed by atoms with Crippen molar-refractivity contribution in [3.8, 4) is 17.2 Å². The molecule has 0 atom stereocenters. The first-order chi connectivity index (χ1) is 7.46. The van der Waals surface area contributed by atoms with Crippen LogP contribution in [0.15, 0.2) is 12.1 Å². The van der Waals surface area contributed by atoms with E-state index in [-0.39, 0.29) is 22.8 Å². The van der Waals surface area contributed by atoms with Gasteiger partial charge in [-0.15, -0.1) is 0 Å². The molecule has 0 bridgehead atoms. The van der Waals surface area contributed by atoms with Crippen LogP contribution in [0, 0.1) is 0 Å². The summed E-state index contributed by atoms with van der Waals surface area (Å²) in [4.78, 5) is 0. The van der Waals surface area contributed by atoms with Crippen molar-refractivity contribution in [3.63, 3.8) is 0 Å². The predicted molar refractivity (Wildman–Crippen MR) is 54.2 cm³/mol. The number of nitrogens with two attached hydrogens (primary N) is 1. The molecule has 1 aromatic carbocycles. The highest BCUT2D eigenvalue weighted by atomic mass is 19.3. The summed E-state index contributed by atoms with van der Waals surface area (Å²) in [6.07, 6.45) is 0. The SMILES string of the molecule is COc1cc(C(F)(F)CN)cc(OC)c1O. The normalized spacial score (nSPS) is 11.3. The van der Waals surface area contributed by atoms with Gasteiger partial charge >= 0.3 is 0 Å². The zero-order valence-electron chi connectivity index (χ0n) is 8.96. The molecule has 1 rings (SSSR count). The number of phenolic OH excluding ortho intramolecular Hbond substituents is 1. The standard InChI is InChI=1S/C10H13F2NO3/c1-15-7-3-6(10(11,12)5-13)4-8(16-2)9(7)14/h3-4,14H,5,13H2,1-2H3. The first-order valence-corrected chi connectivity index (χ1v) is 4.49. The molecule has 3 N–H and O–H groups in total. The summed E-state index contributed by atoms with van der Waals surface area (Å²) >= 11 is 0. The molecule has 16 heavy (non-hydrogen) atoms. The van der Waals surface area contributed by atoms with E-state index in [1.807, 2.05) is 0 Å². The maximum atomic E-state index is 13.3. The Morgan fingerprint density at radius 3 is 2.00 bits per heavy atom. The van der Waals surface area contributed by atoms with Gasteiger partial charge in [-0.05, 0) is 12.1 Å². The molecule has 90 valence electrons. The van der Waals surface area contributed by atoms with Gasteiger partial charge in [-0.1, -0.05) is 0 Å². The number of rotatable bonds is 4. The van der Waals surface area contributed by atoms with E-state index in [1.165, 1.54) is 14.2 Å². The average Bonchev–Trinajstić information content (AvgIpc) is 2.29. The van der Waals surface area contributed by atoms with Crippen molar-refractivity contribution in [2.75, 3.05) is 20.8 Å². The van der Waals surface area contributed by atoms with Gasteiger partial charge in [0.25, 0.3) is 5.92 Å². The molecule has 0 spiro atoms. The molecule has 6 heteroatoms. The Kier molecular flexibility index (Phi) is 3.54. The van der Waals surface area contributed by atoms with Gasteiger partial charge in [-0.25, -0.2) is 0 Å². The molecular formula is C10H13F2NO3. The van der Waals surface area contributed by atoms with E-state index in [9.17, 15) is 13.9 Å². The molecule has 0 amide bonds. The van der Waals surface area contributed by atoms with Crippen LogP contribution in [-0.2, 0) is 5.92 Å². The van der Waals surface area contributed by atoms with Gasteiger partial charge in [0, 0.05) is 5.56 Å². The Hall–Kier alpha value is -1.56. The van der Waals surface area contributed by atoms with Gasteiger partial charge in [0.1, 0.15) is 0 Å². The summed E-state index contributed by atoms with van der Waals surface area (Å²) in [7, 11) is 2.53. The number of halogens is 2. The lowest BCUT2D eigenvalue weighted by molar-refractivity contribution is 0.00549. The topological polar surface area (TPSA) is 64.7 Å². The summed E-state index contributed by atoms with van der Waals surface area (Å²) in [6, 6.07) is 2.06. The van der Waals surface area contributed by atoms with Gasteiger partial charge in [0.2, 0.25) is 5.75 Å². The third-order valence-electron chi connectivity index (χ3n) is 2.16. The lowest BCUT2D eigenvalue weighted by atomic mass is 10.1. The molecule has 0 radical (unpaired) electrons. The molecule has 0 saturated carbocycles. The molecular weight excluding hydrogens is 220 g/mol. The van der Waals surface area contributed by atoms with Crippen molar-refractivity contribution in [2.24, 2.45) is 5.73 Å². The molecule has 4 nitrogen and oxygen atoms in total. The van der Waals surface area contributed by atoms with E-state index >= 15 is 0 Å². The highest BCUT2D eigenvalue weighted by Crippen LogP contribution is 2.41. The van der Waals surface area contributed by atoms with E-state index in [1.54, 1.807) is 0 Å². The third-order valence-corrected chi connectivity index (χ3v) is 2.16. The Balaban J connectivity index is 3.32. The smallest absolute Gasteiger partial charge is 0.285 e. The van der Waals surface area contributed by atoms with Gasteiger partial charge in [-0.2, -0.15) is 8.78 Å². The number of phenols is 1. The summed E-state index contributed by atoms with van der Waals surface area (Å²) in [5.41, 5.74) is 4.61. The summed E-state index contributed by atoms with van der Waals surface area (Å²) in [6.45, 7) is -0.829. The molecule has 0 heterocycles. The van der Waals surface area contributed by atoms with E-state index in [4.69, 9.17) is 15.2 Å². The van der Waals surface area contributed by atoms with Crippen LogP contribution >= 0.6 is 0 Å². The number of methoxy groups -OCH3 is 2. The van der Waals surface area contributed by atoms with Crippen molar-refractivity contribution in [1.29, 1.82) is 0 Å². The van der Waals surface area contributed by atoms with Gasteiger partial charge in [-0.3, -0.25) is 0 Å². The van der Waals surface area contributed by atoms with Gasteiger partial charge < -0.3 is 20.3 Å². The summed E-state index contributed by atoms with van der Waals surface area (Å²) in [5.74, 6) is -3.67. The maximum Gasteiger partial charge on any atom is 0.285 e. The van der Waals surface area contributed by atoms with Crippen LogP contribution in [0.1, 0.15) is 5.56 Å². The fourth-order valence-corrected chi connectivity index (χ4v) is 1.22. The second-order valence-corrected chi connectivity index (χ2v) is 3.14. The lowest BCUT2D eigenvalue weighted by Gasteiger charge is -2.17. The number of alkyl halides is 2. The Morgan fingerprint density at radius 1 is 1.25 bits per heavy atom. The fraction of sp³-hybridized carbons (Fsp3) is 0.400. The fourth-order valence-electron chi connectivity index (χ4n) is 1.22. The summed E-state index contributed by atoms with van der Waals surface area (Å²) in [5, 5.41) is 9.53. The van der Waals surface area contributed by atoms with Crippen molar-refractivity contribution in [2.45, 2.75) is 5.92 Å². The van der Waals surface area contributed by atoms with Crippen LogP contribution in [-0.4, -0.2) is 25.9 Å². The molecule has 0 aliphatic heterocycles. The van der Waals surface area contributed by atoms with Crippen LogP contribution in [0.3, 0.4) is 0 Å². The number of ether oxygens (including phenoxy) is 2. The Morgan fingerprint density at radius 2 is 1.69 bits per heavy atom. The largest absolute Gasteiger partial charge is 0.502 e. The Labute approximate surface area is 91.6 Å². The van der Waals surface area contributed by atoms with E-state index < -0.39 is 12.5 Å². The van der Waals surface area contributed by atoms with E-state index in [0.717, 1.165) is 12.1 Å². The van der Waals surface area contributed by atoms with Crippen LogP contribution in [0.5, 0.6) is 17.2 Å². The molecule has 0 saturated heterocycles. The number of hydrogen-bond donors (Lipinski definition) is 2. The average molecular weight is 233 g/mol. The number of hydrogen-bond acceptors (Lipinski definition) is 4. The zero-order chi connectivity index (χ0) is 12.3. The van der Waals surface area contributed by atoms with Gasteiger partial charge in [0.15, 0.2) is 11.5 Å². The quantitative estimate of drug-likeness (QED) is 0.826.